The molecule has 2 aliphatic rings. The van der Waals surface area contributed by atoms with Crippen LogP contribution in [0.4, 0.5) is 0 Å². The van der Waals surface area contributed by atoms with E-state index in [2.05, 4.69) is 9.80 Å². The van der Waals surface area contributed by atoms with Crippen LogP contribution in [0.3, 0.4) is 0 Å². The highest BCUT2D eigenvalue weighted by atomic mass is 16.5. The SMILES string of the molecule is COCCOCC(O)CN1CCC(N2CCOCC2)C1. The van der Waals surface area contributed by atoms with Gasteiger partial charge in [-0.1, -0.05) is 0 Å². The number of ether oxygens (including phenoxy) is 3. The molecule has 2 atom stereocenters. The van der Waals surface area contributed by atoms with E-state index in [1.165, 1.54) is 6.42 Å². The van der Waals surface area contributed by atoms with E-state index in [0.29, 0.717) is 32.4 Å². The van der Waals surface area contributed by atoms with Gasteiger partial charge in [0.1, 0.15) is 0 Å². The molecule has 6 nitrogen and oxygen atoms in total. The van der Waals surface area contributed by atoms with E-state index in [4.69, 9.17) is 14.2 Å². The molecule has 0 bridgehead atoms. The Balaban J connectivity index is 1.60. The molecule has 0 amide bonds. The van der Waals surface area contributed by atoms with E-state index in [-0.39, 0.29) is 0 Å². The Labute approximate surface area is 121 Å². The van der Waals surface area contributed by atoms with Crippen LogP contribution in [0.5, 0.6) is 0 Å². The van der Waals surface area contributed by atoms with Crippen molar-refractivity contribution in [2.75, 3.05) is 72.9 Å². The second kappa shape index (κ2) is 8.92. The molecule has 2 aliphatic heterocycles. The van der Waals surface area contributed by atoms with Crippen molar-refractivity contribution >= 4 is 0 Å². The van der Waals surface area contributed by atoms with E-state index >= 15 is 0 Å². The van der Waals surface area contributed by atoms with Crippen molar-refractivity contribution in [2.24, 2.45) is 0 Å². The monoisotopic (exact) mass is 288 g/mol. The second-order valence-electron chi connectivity index (χ2n) is 5.57. The molecule has 0 aromatic heterocycles. The van der Waals surface area contributed by atoms with Gasteiger partial charge in [0.25, 0.3) is 0 Å². The van der Waals surface area contributed by atoms with Crippen LogP contribution in [0.1, 0.15) is 6.42 Å². The van der Waals surface area contributed by atoms with Crippen LogP contribution in [0, 0.1) is 0 Å². The molecule has 0 radical (unpaired) electrons. The lowest BCUT2D eigenvalue weighted by Crippen LogP contribution is -2.45. The van der Waals surface area contributed by atoms with E-state index in [1.54, 1.807) is 7.11 Å². The summed E-state index contributed by atoms with van der Waals surface area (Å²) in [4.78, 5) is 4.86. The molecule has 0 saturated carbocycles. The number of β-amino-alcohol motifs (C(OH)–C–C–N with tert-alkyl or cyclic N) is 1. The zero-order chi connectivity index (χ0) is 14.2. The van der Waals surface area contributed by atoms with Crippen LogP contribution in [0.15, 0.2) is 0 Å². The molecule has 2 saturated heterocycles. The van der Waals surface area contributed by atoms with Crippen LogP contribution in [0.2, 0.25) is 0 Å². The molecule has 0 spiro atoms. The fourth-order valence-electron chi connectivity index (χ4n) is 2.93. The fraction of sp³-hybridized carbons (Fsp3) is 1.00. The van der Waals surface area contributed by atoms with Gasteiger partial charge < -0.3 is 19.3 Å². The molecule has 0 aromatic carbocycles. The summed E-state index contributed by atoms with van der Waals surface area (Å²) in [6.07, 6.45) is 0.785. The summed E-state index contributed by atoms with van der Waals surface area (Å²) in [6, 6.07) is 0.625. The van der Waals surface area contributed by atoms with Gasteiger partial charge in [-0.15, -0.1) is 0 Å². The average Bonchev–Trinajstić information content (AvgIpc) is 2.93. The van der Waals surface area contributed by atoms with Crippen LogP contribution < -0.4 is 0 Å². The summed E-state index contributed by atoms with van der Waals surface area (Å²) in [6.45, 7) is 8.13. The number of likely N-dealkylation sites (tertiary alicyclic amines) is 1. The van der Waals surface area contributed by atoms with Crippen LogP contribution in [0.25, 0.3) is 0 Å². The number of hydrogen-bond acceptors (Lipinski definition) is 6. The summed E-state index contributed by atoms with van der Waals surface area (Å²) in [7, 11) is 1.65. The number of morpholine rings is 1. The Morgan fingerprint density at radius 1 is 1.25 bits per heavy atom. The van der Waals surface area contributed by atoms with E-state index in [9.17, 15) is 5.11 Å². The van der Waals surface area contributed by atoms with Gasteiger partial charge in [0.15, 0.2) is 0 Å². The molecule has 0 aromatic rings. The lowest BCUT2D eigenvalue weighted by Gasteiger charge is -2.32. The maximum absolute atomic E-state index is 9.96. The second-order valence-corrected chi connectivity index (χ2v) is 5.57. The predicted molar refractivity (Wildman–Crippen MR) is 75.9 cm³/mol. The summed E-state index contributed by atoms with van der Waals surface area (Å²) in [5.74, 6) is 0. The molecular weight excluding hydrogens is 260 g/mol. The molecule has 20 heavy (non-hydrogen) atoms. The zero-order valence-electron chi connectivity index (χ0n) is 12.5. The van der Waals surface area contributed by atoms with Gasteiger partial charge in [0.2, 0.25) is 0 Å². The first-order valence-corrected chi connectivity index (χ1v) is 7.58. The molecule has 118 valence electrons. The third-order valence-corrected chi connectivity index (χ3v) is 4.02. The largest absolute Gasteiger partial charge is 0.389 e. The molecule has 1 N–H and O–H groups in total. The molecule has 2 unspecified atom stereocenters. The zero-order valence-corrected chi connectivity index (χ0v) is 12.5. The van der Waals surface area contributed by atoms with Gasteiger partial charge in [-0.05, 0) is 13.0 Å². The Hall–Kier alpha value is -0.240. The molecule has 2 fully saturated rings. The Bertz CT molecular complexity index is 262. The topological polar surface area (TPSA) is 54.4 Å². The van der Waals surface area contributed by atoms with Gasteiger partial charge in [0, 0.05) is 39.3 Å². The number of methoxy groups -OCH3 is 1. The lowest BCUT2D eigenvalue weighted by atomic mass is 10.2. The fourth-order valence-corrected chi connectivity index (χ4v) is 2.93. The van der Waals surface area contributed by atoms with Gasteiger partial charge in [-0.25, -0.2) is 0 Å². The van der Waals surface area contributed by atoms with Crippen molar-refractivity contribution in [3.63, 3.8) is 0 Å². The third kappa shape index (κ3) is 5.27. The van der Waals surface area contributed by atoms with Crippen LogP contribution in [-0.4, -0.2) is 99.9 Å². The summed E-state index contributed by atoms with van der Waals surface area (Å²) in [5, 5.41) is 9.96. The Morgan fingerprint density at radius 2 is 2.05 bits per heavy atom. The highest BCUT2D eigenvalue weighted by molar-refractivity contribution is 4.85. The molecule has 2 heterocycles. The Morgan fingerprint density at radius 3 is 2.80 bits per heavy atom. The maximum Gasteiger partial charge on any atom is 0.0900 e. The molecular formula is C14H28N2O4. The predicted octanol–water partition coefficient (Wildman–Crippen LogP) is -0.583. The summed E-state index contributed by atoms with van der Waals surface area (Å²) < 4.78 is 15.7. The minimum Gasteiger partial charge on any atom is -0.389 e. The van der Waals surface area contributed by atoms with Crippen molar-refractivity contribution in [2.45, 2.75) is 18.6 Å². The number of aliphatic hydroxyl groups excluding tert-OH is 1. The highest BCUT2D eigenvalue weighted by Gasteiger charge is 2.29. The van der Waals surface area contributed by atoms with E-state index in [0.717, 1.165) is 39.4 Å². The summed E-state index contributed by atoms with van der Waals surface area (Å²) >= 11 is 0. The minimum atomic E-state index is -0.407. The van der Waals surface area contributed by atoms with Crippen molar-refractivity contribution in [1.29, 1.82) is 0 Å². The van der Waals surface area contributed by atoms with E-state index in [1.807, 2.05) is 0 Å². The first-order valence-electron chi connectivity index (χ1n) is 7.58. The number of nitrogens with zero attached hydrogens (tertiary/aromatic N) is 2. The normalized spacial score (nSPS) is 27.0. The number of rotatable bonds is 8. The first kappa shape index (κ1) is 16.1. The smallest absolute Gasteiger partial charge is 0.0900 e. The lowest BCUT2D eigenvalue weighted by molar-refractivity contribution is -0.00146. The molecule has 2 rings (SSSR count). The van der Waals surface area contributed by atoms with Gasteiger partial charge in [-0.3, -0.25) is 9.80 Å². The van der Waals surface area contributed by atoms with Crippen LogP contribution in [-0.2, 0) is 14.2 Å². The van der Waals surface area contributed by atoms with Crippen molar-refractivity contribution in [3.8, 4) is 0 Å². The van der Waals surface area contributed by atoms with Crippen molar-refractivity contribution in [3.05, 3.63) is 0 Å². The third-order valence-electron chi connectivity index (χ3n) is 4.02. The maximum atomic E-state index is 9.96. The molecule has 0 aliphatic carbocycles. The van der Waals surface area contributed by atoms with Gasteiger partial charge >= 0.3 is 0 Å². The highest BCUT2D eigenvalue weighted by Crippen LogP contribution is 2.17. The van der Waals surface area contributed by atoms with Crippen molar-refractivity contribution < 1.29 is 19.3 Å². The number of hydrogen-bond donors (Lipinski definition) is 1. The van der Waals surface area contributed by atoms with Gasteiger partial charge in [0.05, 0.1) is 39.1 Å². The number of aliphatic hydroxyl groups is 1. The first-order chi connectivity index (χ1) is 9.79. The quantitative estimate of drug-likeness (QED) is 0.603. The minimum absolute atomic E-state index is 0.391. The van der Waals surface area contributed by atoms with Crippen molar-refractivity contribution in [1.82, 2.24) is 9.80 Å². The molecule has 6 heteroatoms. The Kier molecular flexibility index (Phi) is 7.19. The summed E-state index contributed by atoms with van der Waals surface area (Å²) in [5.41, 5.74) is 0. The standard InChI is InChI=1S/C14H28N2O4/c1-18-8-9-20-12-14(17)11-15-3-2-13(10-15)16-4-6-19-7-5-16/h13-14,17H,2-12H2,1H3. The van der Waals surface area contributed by atoms with Gasteiger partial charge in [-0.2, -0.15) is 0 Å². The van der Waals surface area contributed by atoms with E-state index < -0.39 is 6.10 Å². The van der Waals surface area contributed by atoms with Crippen LogP contribution >= 0.6 is 0 Å². The average molecular weight is 288 g/mol.